The first-order valence-corrected chi connectivity index (χ1v) is 3.92. The molecule has 0 amide bonds. The van der Waals surface area contributed by atoms with Crippen molar-refractivity contribution in [2.75, 3.05) is 7.11 Å². The number of esters is 1. The molecule has 0 unspecified atom stereocenters. The molecule has 0 saturated heterocycles. The fourth-order valence-corrected chi connectivity index (χ4v) is 1.01. The van der Waals surface area contributed by atoms with E-state index in [0.717, 1.165) is 0 Å². The maximum Gasteiger partial charge on any atom is 0.310 e. The summed E-state index contributed by atoms with van der Waals surface area (Å²) in [6, 6.07) is 1.51. The third-order valence-electron chi connectivity index (χ3n) is 1.53. The predicted octanol–water partition coefficient (Wildman–Crippen LogP) is 1.16. The number of nitrogens with zero attached hydrogens (tertiary/aromatic N) is 1. The van der Waals surface area contributed by atoms with Gasteiger partial charge in [0.25, 0.3) is 0 Å². The average Bonchev–Trinajstić information content (AvgIpc) is 2.13. The van der Waals surface area contributed by atoms with Crippen molar-refractivity contribution >= 4 is 17.6 Å². The summed E-state index contributed by atoms with van der Waals surface area (Å²) >= 11 is 5.53. The Kier molecular flexibility index (Phi) is 3.08. The van der Waals surface area contributed by atoms with E-state index in [9.17, 15) is 9.90 Å². The smallest absolute Gasteiger partial charge is 0.310 e. The van der Waals surface area contributed by atoms with E-state index in [-0.39, 0.29) is 17.3 Å². The van der Waals surface area contributed by atoms with Gasteiger partial charge in [0.15, 0.2) is 10.9 Å². The van der Waals surface area contributed by atoms with Crippen LogP contribution in [-0.4, -0.2) is 23.2 Å². The Morgan fingerprint density at radius 1 is 1.77 bits per heavy atom. The first kappa shape index (κ1) is 9.80. The van der Waals surface area contributed by atoms with Crippen molar-refractivity contribution in [1.82, 2.24) is 4.98 Å². The molecule has 1 rings (SSSR count). The van der Waals surface area contributed by atoms with Crippen molar-refractivity contribution in [3.05, 3.63) is 23.0 Å². The molecule has 0 aliphatic carbocycles. The van der Waals surface area contributed by atoms with E-state index in [0.29, 0.717) is 5.56 Å². The number of rotatable bonds is 2. The van der Waals surface area contributed by atoms with E-state index in [2.05, 4.69) is 9.72 Å². The van der Waals surface area contributed by atoms with Crippen LogP contribution in [0.15, 0.2) is 12.3 Å². The van der Waals surface area contributed by atoms with Crippen LogP contribution in [0.3, 0.4) is 0 Å². The number of pyridine rings is 1. The lowest BCUT2D eigenvalue weighted by Crippen LogP contribution is -2.04. The van der Waals surface area contributed by atoms with Gasteiger partial charge >= 0.3 is 5.97 Å². The molecule has 70 valence electrons. The van der Waals surface area contributed by atoms with Crippen molar-refractivity contribution in [3.63, 3.8) is 0 Å². The van der Waals surface area contributed by atoms with Gasteiger partial charge in [-0.2, -0.15) is 0 Å². The minimum absolute atomic E-state index is 0.00935. The van der Waals surface area contributed by atoms with Gasteiger partial charge in [-0.05, 0) is 6.07 Å². The van der Waals surface area contributed by atoms with Gasteiger partial charge in [-0.3, -0.25) is 4.79 Å². The van der Waals surface area contributed by atoms with E-state index in [1.807, 2.05) is 0 Å². The van der Waals surface area contributed by atoms with Gasteiger partial charge in [0.05, 0.1) is 13.5 Å². The molecule has 4 nitrogen and oxygen atoms in total. The number of aromatic hydroxyl groups is 1. The quantitative estimate of drug-likeness (QED) is 0.576. The Labute approximate surface area is 80.1 Å². The molecule has 0 aliphatic heterocycles. The van der Waals surface area contributed by atoms with Crippen molar-refractivity contribution in [3.8, 4) is 5.75 Å². The highest BCUT2D eigenvalue weighted by atomic mass is 35.5. The maximum absolute atomic E-state index is 10.8. The van der Waals surface area contributed by atoms with Crippen LogP contribution in [0.5, 0.6) is 5.75 Å². The van der Waals surface area contributed by atoms with Gasteiger partial charge in [-0.15, -0.1) is 0 Å². The lowest BCUT2D eigenvalue weighted by Gasteiger charge is -2.03. The second kappa shape index (κ2) is 4.09. The number of ether oxygens (including phenoxy) is 1. The van der Waals surface area contributed by atoms with Gasteiger partial charge in [0, 0.05) is 11.8 Å². The largest absolute Gasteiger partial charge is 0.504 e. The molecule has 1 aromatic heterocycles. The number of carbonyl (C=O) groups is 1. The molecule has 1 aromatic rings. The average molecular weight is 202 g/mol. The molecule has 0 saturated carbocycles. The van der Waals surface area contributed by atoms with E-state index in [1.54, 1.807) is 0 Å². The molecule has 5 heteroatoms. The molecule has 0 fully saturated rings. The SMILES string of the molecule is COC(=O)Cc1ccnc(Cl)c1O. The van der Waals surface area contributed by atoms with Crippen LogP contribution < -0.4 is 0 Å². The summed E-state index contributed by atoms with van der Waals surface area (Å²) in [4.78, 5) is 14.5. The Morgan fingerprint density at radius 3 is 3.08 bits per heavy atom. The molecular formula is C8H8ClNO3. The minimum atomic E-state index is -0.433. The molecule has 13 heavy (non-hydrogen) atoms. The molecule has 0 aromatic carbocycles. The summed E-state index contributed by atoms with van der Waals surface area (Å²) in [5.41, 5.74) is 0.409. The lowest BCUT2D eigenvalue weighted by atomic mass is 10.2. The van der Waals surface area contributed by atoms with Gasteiger partial charge in [-0.25, -0.2) is 4.98 Å². The number of hydrogen-bond donors (Lipinski definition) is 1. The molecular weight excluding hydrogens is 194 g/mol. The highest BCUT2D eigenvalue weighted by Crippen LogP contribution is 2.24. The van der Waals surface area contributed by atoms with Crippen LogP contribution in [0.25, 0.3) is 0 Å². The Bertz CT molecular complexity index is 327. The van der Waals surface area contributed by atoms with Crippen LogP contribution >= 0.6 is 11.6 Å². The standard InChI is InChI=1S/C8H8ClNO3/c1-13-6(11)4-5-2-3-10-8(9)7(5)12/h2-3,12H,4H2,1H3. The second-order valence-electron chi connectivity index (χ2n) is 2.36. The summed E-state index contributed by atoms with van der Waals surface area (Å²) < 4.78 is 4.44. The molecule has 0 spiro atoms. The van der Waals surface area contributed by atoms with Gasteiger partial charge in [-0.1, -0.05) is 11.6 Å². The van der Waals surface area contributed by atoms with Crippen LogP contribution in [-0.2, 0) is 16.0 Å². The normalized spacial score (nSPS) is 9.69. The number of carbonyl (C=O) groups excluding carboxylic acids is 1. The van der Waals surface area contributed by atoms with Crippen LogP contribution in [0.1, 0.15) is 5.56 Å². The Hall–Kier alpha value is -1.29. The fourth-order valence-electron chi connectivity index (χ4n) is 0.836. The van der Waals surface area contributed by atoms with Crippen LogP contribution in [0, 0.1) is 0 Å². The van der Waals surface area contributed by atoms with Crippen molar-refractivity contribution < 1.29 is 14.6 Å². The van der Waals surface area contributed by atoms with Crippen LogP contribution in [0.4, 0.5) is 0 Å². The summed E-state index contributed by atoms with van der Waals surface area (Å²) in [6.07, 6.45) is 1.41. The zero-order chi connectivity index (χ0) is 9.84. The van der Waals surface area contributed by atoms with E-state index in [1.165, 1.54) is 19.4 Å². The highest BCUT2D eigenvalue weighted by molar-refractivity contribution is 6.30. The summed E-state index contributed by atoms with van der Waals surface area (Å²) in [5, 5.41) is 9.33. The third kappa shape index (κ3) is 2.32. The first-order valence-electron chi connectivity index (χ1n) is 3.54. The van der Waals surface area contributed by atoms with Crippen molar-refractivity contribution in [1.29, 1.82) is 0 Å². The number of aromatic nitrogens is 1. The molecule has 0 atom stereocenters. The monoisotopic (exact) mass is 201 g/mol. The van der Waals surface area contributed by atoms with Crippen LogP contribution in [0.2, 0.25) is 5.15 Å². The fraction of sp³-hybridized carbons (Fsp3) is 0.250. The number of hydrogen-bond acceptors (Lipinski definition) is 4. The molecule has 1 N–H and O–H groups in total. The zero-order valence-corrected chi connectivity index (χ0v) is 7.71. The van der Waals surface area contributed by atoms with E-state index in [4.69, 9.17) is 11.6 Å². The Balaban J connectivity index is 2.89. The lowest BCUT2D eigenvalue weighted by molar-refractivity contribution is -0.139. The molecule has 0 radical (unpaired) electrons. The Morgan fingerprint density at radius 2 is 2.46 bits per heavy atom. The van der Waals surface area contributed by atoms with Gasteiger partial charge in [0.2, 0.25) is 0 Å². The first-order chi connectivity index (χ1) is 6.15. The highest BCUT2D eigenvalue weighted by Gasteiger charge is 2.10. The van der Waals surface area contributed by atoms with Crippen molar-refractivity contribution in [2.45, 2.75) is 6.42 Å². The molecule has 1 heterocycles. The van der Waals surface area contributed by atoms with E-state index < -0.39 is 5.97 Å². The summed E-state index contributed by atoms with van der Waals surface area (Å²) in [6.45, 7) is 0. The number of halogens is 1. The third-order valence-corrected chi connectivity index (χ3v) is 1.80. The minimum Gasteiger partial charge on any atom is -0.504 e. The maximum atomic E-state index is 10.8. The predicted molar refractivity (Wildman–Crippen MR) is 46.6 cm³/mol. The molecule has 0 bridgehead atoms. The van der Waals surface area contributed by atoms with Gasteiger partial charge < -0.3 is 9.84 Å². The topological polar surface area (TPSA) is 59.4 Å². The van der Waals surface area contributed by atoms with Gasteiger partial charge in [0.1, 0.15) is 0 Å². The van der Waals surface area contributed by atoms with E-state index >= 15 is 0 Å². The molecule has 0 aliphatic rings. The summed E-state index contributed by atoms with van der Waals surface area (Å²) in [7, 11) is 1.28. The van der Waals surface area contributed by atoms with Crippen molar-refractivity contribution in [2.24, 2.45) is 0 Å². The summed E-state index contributed by atoms with van der Waals surface area (Å²) in [5.74, 6) is -0.605. The zero-order valence-electron chi connectivity index (χ0n) is 6.95. The number of methoxy groups -OCH3 is 1. The second-order valence-corrected chi connectivity index (χ2v) is 2.72.